The van der Waals surface area contributed by atoms with Crippen LogP contribution in [0.15, 0.2) is 24.3 Å². The smallest absolute Gasteiger partial charge is 0.253 e. The molecule has 85 valence electrons. The Morgan fingerprint density at radius 3 is 2.38 bits per heavy atom. The van der Waals surface area contributed by atoms with Crippen LogP contribution in [0.2, 0.25) is 0 Å². The first-order valence-electron chi connectivity index (χ1n) is 5.57. The minimum Gasteiger partial charge on any atom is -0.339 e. The van der Waals surface area contributed by atoms with Gasteiger partial charge in [-0.05, 0) is 37.0 Å². The van der Waals surface area contributed by atoms with E-state index >= 15 is 0 Å². The molecule has 1 saturated heterocycles. The van der Waals surface area contributed by atoms with Crippen LogP contribution < -0.4 is 0 Å². The van der Waals surface area contributed by atoms with E-state index in [0.717, 1.165) is 37.1 Å². The van der Waals surface area contributed by atoms with Gasteiger partial charge in [-0.25, -0.2) is 0 Å². The van der Waals surface area contributed by atoms with Crippen LogP contribution >= 0.6 is 11.6 Å². The molecule has 3 heteroatoms. The lowest BCUT2D eigenvalue weighted by molar-refractivity contribution is 0.0742. The Bertz CT molecular complexity index is 355. The van der Waals surface area contributed by atoms with E-state index in [-0.39, 0.29) is 5.91 Å². The minimum atomic E-state index is 0.134. The predicted octanol–water partition coefficient (Wildman–Crippen LogP) is 2.87. The van der Waals surface area contributed by atoms with Gasteiger partial charge in [-0.2, -0.15) is 0 Å². The van der Waals surface area contributed by atoms with Crippen molar-refractivity contribution in [3.05, 3.63) is 41.8 Å². The summed E-state index contributed by atoms with van der Waals surface area (Å²) < 4.78 is 0. The molecule has 1 heterocycles. The first-order valence-corrected chi connectivity index (χ1v) is 6.10. The van der Waals surface area contributed by atoms with E-state index in [9.17, 15) is 4.79 Å². The molecule has 0 aliphatic carbocycles. The van der Waals surface area contributed by atoms with Crippen molar-refractivity contribution >= 4 is 17.5 Å². The number of benzene rings is 1. The number of nitrogens with zero attached hydrogens (tertiary/aromatic N) is 1. The third kappa shape index (κ3) is 2.56. The average molecular weight is 237 g/mol. The van der Waals surface area contributed by atoms with Gasteiger partial charge in [0.05, 0.1) is 0 Å². The lowest BCUT2D eigenvalue weighted by Gasteiger charge is -2.26. The molecule has 0 unspecified atom stereocenters. The molecular formula is C13H15ClNO. The summed E-state index contributed by atoms with van der Waals surface area (Å²) in [5, 5.41) is 0. The van der Waals surface area contributed by atoms with E-state index in [2.05, 4.69) is 6.42 Å². The van der Waals surface area contributed by atoms with Crippen LogP contribution in [0.5, 0.6) is 0 Å². The van der Waals surface area contributed by atoms with Gasteiger partial charge in [0.15, 0.2) is 0 Å². The highest BCUT2D eigenvalue weighted by Crippen LogP contribution is 2.13. The fourth-order valence-electron chi connectivity index (χ4n) is 1.87. The second-order valence-corrected chi connectivity index (χ2v) is 4.26. The molecule has 0 spiro atoms. The Hall–Kier alpha value is -1.02. The van der Waals surface area contributed by atoms with Crippen molar-refractivity contribution in [1.82, 2.24) is 4.90 Å². The van der Waals surface area contributed by atoms with Gasteiger partial charge < -0.3 is 4.90 Å². The van der Waals surface area contributed by atoms with Crippen molar-refractivity contribution in [2.45, 2.75) is 18.7 Å². The number of rotatable bonds is 2. The number of carbonyl (C=O) groups is 1. The van der Waals surface area contributed by atoms with E-state index in [0.29, 0.717) is 5.88 Å². The molecule has 1 aliphatic rings. The van der Waals surface area contributed by atoms with Crippen LogP contribution in [-0.2, 0) is 5.88 Å². The Labute approximate surface area is 101 Å². The molecular weight excluding hydrogens is 222 g/mol. The summed E-state index contributed by atoms with van der Waals surface area (Å²) in [5.41, 5.74) is 1.81. The zero-order chi connectivity index (χ0) is 11.4. The zero-order valence-electron chi connectivity index (χ0n) is 9.16. The number of alkyl halides is 1. The van der Waals surface area contributed by atoms with E-state index in [1.54, 1.807) is 0 Å². The maximum Gasteiger partial charge on any atom is 0.253 e. The fraction of sp³-hybridized carbons (Fsp3) is 0.385. The summed E-state index contributed by atoms with van der Waals surface area (Å²) in [6.07, 6.45) is 4.25. The highest BCUT2D eigenvalue weighted by Gasteiger charge is 2.17. The predicted molar refractivity (Wildman–Crippen MR) is 65.4 cm³/mol. The molecule has 0 aromatic heterocycles. The molecule has 1 aliphatic heterocycles. The summed E-state index contributed by atoms with van der Waals surface area (Å²) in [7, 11) is 0. The topological polar surface area (TPSA) is 20.3 Å². The van der Waals surface area contributed by atoms with Crippen molar-refractivity contribution in [3.8, 4) is 0 Å². The van der Waals surface area contributed by atoms with Crippen LogP contribution in [0.25, 0.3) is 0 Å². The van der Waals surface area contributed by atoms with Gasteiger partial charge in [0.1, 0.15) is 0 Å². The van der Waals surface area contributed by atoms with Gasteiger partial charge in [-0.3, -0.25) is 4.79 Å². The van der Waals surface area contributed by atoms with Gasteiger partial charge in [0.25, 0.3) is 5.91 Å². The Kier molecular flexibility index (Phi) is 3.83. The number of halogens is 1. The fourth-order valence-corrected chi connectivity index (χ4v) is 2.05. The van der Waals surface area contributed by atoms with E-state index < -0.39 is 0 Å². The molecule has 1 radical (unpaired) electrons. The number of carbonyl (C=O) groups excluding carboxylic acids is 1. The molecule has 1 aromatic carbocycles. The van der Waals surface area contributed by atoms with Crippen molar-refractivity contribution < 1.29 is 4.79 Å². The van der Waals surface area contributed by atoms with Crippen LogP contribution in [0.3, 0.4) is 0 Å². The Balaban J connectivity index is 2.07. The number of piperidine rings is 1. The van der Waals surface area contributed by atoms with Gasteiger partial charge >= 0.3 is 0 Å². The maximum atomic E-state index is 12.1. The van der Waals surface area contributed by atoms with E-state index in [4.69, 9.17) is 11.6 Å². The summed E-state index contributed by atoms with van der Waals surface area (Å²) in [6, 6.07) is 7.54. The first-order chi connectivity index (χ1) is 7.81. The zero-order valence-corrected chi connectivity index (χ0v) is 9.91. The van der Waals surface area contributed by atoms with E-state index in [1.165, 1.54) is 0 Å². The summed E-state index contributed by atoms with van der Waals surface area (Å²) in [6.45, 7) is 1.69. The van der Waals surface area contributed by atoms with Crippen LogP contribution in [-0.4, -0.2) is 23.9 Å². The lowest BCUT2D eigenvalue weighted by Crippen LogP contribution is -2.35. The monoisotopic (exact) mass is 236 g/mol. The van der Waals surface area contributed by atoms with Crippen LogP contribution in [0.4, 0.5) is 0 Å². The summed E-state index contributed by atoms with van der Waals surface area (Å²) in [4.78, 5) is 14.0. The molecule has 1 amide bonds. The van der Waals surface area contributed by atoms with Gasteiger partial charge in [-0.15, -0.1) is 11.6 Å². The van der Waals surface area contributed by atoms with Crippen molar-refractivity contribution in [1.29, 1.82) is 0 Å². The first kappa shape index (κ1) is 11.5. The average Bonchev–Trinajstić information content (AvgIpc) is 2.39. The van der Waals surface area contributed by atoms with Gasteiger partial charge in [0, 0.05) is 24.5 Å². The van der Waals surface area contributed by atoms with Crippen LogP contribution in [0, 0.1) is 6.42 Å². The standard InChI is InChI=1S/C13H15ClNO/c14-10-11-4-6-12(7-5-11)13(16)15-8-2-1-3-9-15/h1,4-7H,2-3,8-10H2. The highest BCUT2D eigenvalue weighted by molar-refractivity contribution is 6.17. The maximum absolute atomic E-state index is 12.1. The van der Waals surface area contributed by atoms with E-state index in [1.807, 2.05) is 29.2 Å². The molecule has 0 bridgehead atoms. The van der Waals surface area contributed by atoms with Crippen molar-refractivity contribution in [2.75, 3.05) is 13.1 Å². The van der Waals surface area contributed by atoms with Crippen molar-refractivity contribution in [2.24, 2.45) is 0 Å². The SMILES string of the molecule is O=C(c1ccc(CCl)cc1)N1CC[CH]CC1. The second-order valence-electron chi connectivity index (χ2n) is 3.99. The van der Waals surface area contributed by atoms with Gasteiger partial charge in [-0.1, -0.05) is 12.1 Å². The number of hydrogen-bond acceptors (Lipinski definition) is 1. The number of amides is 1. The Morgan fingerprint density at radius 2 is 1.81 bits per heavy atom. The molecule has 0 atom stereocenters. The lowest BCUT2D eigenvalue weighted by atomic mass is 10.1. The second kappa shape index (κ2) is 5.35. The minimum absolute atomic E-state index is 0.134. The van der Waals surface area contributed by atoms with Crippen molar-refractivity contribution in [3.63, 3.8) is 0 Å². The number of likely N-dealkylation sites (tertiary alicyclic amines) is 1. The number of hydrogen-bond donors (Lipinski definition) is 0. The molecule has 1 aromatic rings. The molecule has 2 rings (SSSR count). The van der Waals surface area contributed by atoms with Gasteiger partial charge in [0.2, 0.25) is 0 Å². The van der Waals surface area contributed by atoms with Crippen LogP contribution in [0.1, 0.15) is 28.8 Å². The third-order valence-corrected chi connectivity index (χ3v) is 3.16. The molecule has 16 heavy (non-hydrogen) atoms. The molecule has 0 saturated carbocycles. The third-order valence-electron chi connectivity index (χ3n) is 2.85. The molecule has 1 fully saturated rings. The summed E-state index contributed by atoms with van der Waals surface area (Å²) in [5.74, 6) is 0.627. The largest absolute Gasteiger partial charge is 0.339 e. The highest BCUT2D eigenvalue weighted by atomic mass is 35.5. The molecule has 2 nitrogen and oxygen atoms in total. The quantitative estimate of drug-likeness (QED) is 0.723. The normalized spacial score (nSPS) is 16.2. The summed E-state index contributed by atoms with van der Waals surface area (Å²) >= 11 is 5.71. The Morgan fingerprint density at radius 1 is 1.19 bits per heavy atom. The molecule has 0 N–H and O–H groups in total.